The van der Waals surface area contributed by atoms with Crippen LogP contribution in [-0.4, -0.2) is 41.6 Å². The Morgan fingerprint density at radius 2 is 2.19 bits per heavy atom. The van der Waals surface area contributed by atoms with Gasteiger partial charge >= 0.3 is 0 Å². The summed E-state index contributed by atoms with van der Waals surface area (Å²) in [7, 11) is 0. The highest BCUT2D eigenvalue weighted by atomic mass is 16.3. The molecule has 0 bridgehead atoms. The van der Waals surface area contributed by atoms with Gasteiger partial charge in [0.2, 0.25) is 0 Å². The van der Waals surface area contributed by atoms with Crippen LogP contribution >= 0.6 is 0 Å². The van der Waals surface area contributed by atoms with Gasteiger partial charge in [0.05, 0.1) is 5.84 Å². The van der Waals surface area contributed by atoms with Gasteiger partial charge in [-0.2, -0.15) is 0 Å². The van der Waals surface area contributed by atoms with E-state index in [1.165, 1.54) is 25.8 Å². The van der Waals surface area contributed by atoms with E-state index in [1.54, 1.807) is 0 Å². The minimum atomic E-state index is 0.297. The van der Waals surface area contributed by atoms with E-state index in [-0.39, 0.29) is 0 Å². The zero-order valence-corrected chi connectivity index (χ0v) is 10.1. The third kappa shape index (κ3) is 4.94. The molecule has 1 unspecified atom stereocenters. The van der Waals surface area contributed by atoms with Gasteiger partial charge in [-0.1, -0.05) is 6.42 Å². The van der Waals surface area contributed by atoms with Crippen LogP contribution < -0.4 is 5.73 Å². The lowest BCUT2D eigenvalue weighted by Crippen LogP contribution is -2.40. The monoisotopic (exact) mass is 227 g/mol. The molecule has 0 aromatic heterocycles. The lowest BCUT2D eigenvalue weighted by atomic mass is 9.99. The Balaban J connectivity index is 2.18. The van der Waals surface area contributed by atoms with Gasteiger partial charge in [0.1, 0.15) is 0 Å². The molecule has 1 rings (SSSR count). The molecular formula is C12H25N3O. The molecule has 1 saturated heterocycles. The molecule has 4 N–H and O–H groups in total. The van der Waals surface area contributed by atoms with E-state index in [0.29, 0.717) is 18.5 Å². The van der Waals surface area contributed by atoms with Crippen LogP contribution in [0, 0.1) is 5.41 Å². The molecular weight excluding hydrogens is 202 g/mol. The van der Waals surface area contributed by atoms with Crippen molar-refractivity contribution >= 4 is 5.84 Å². The fraction of sp³-hybridized carbons (Fsp3) is 0.917. The zero-order valence-electron chi connectivity index (χ0n) is 10.1. The molecule has 0 spiro atoms. The Hall–Kier alpha value is -0.610. The van der Waals surface area contributed by atoms with Crippen LogP contribution in [0.15, 0.2) is 0 Å². The predicted molar refractivity (Wildman–Crippen MR) is 66.7 cm³/mol. The number of likely N-dealkylation sites (tertiary alicyclic amines) is 1. The second kappa shape index (κ2) is 7.63. The molecule has 1 aliphatic heterocycles. The minimum absolute atomic E-state index is 0.297. The normalized spacial score (nSPS) is 22.2. The van der Waals surface area contributed by atoms with E-state index in [2.05, 4.69) is 4.90 Å². The third-order valence-corrected chi connectivity index (χ3v) is 3.35. The molecule has 1 aliphatic rings. The molecule has 0 aromatic rings. The summed E-state index contributed by atoms with van der Waals surface area (Å²) < 4.78 is 0. The number of amidine groups is 1. The van der Waals surface area contributed by atoms with Gasteiger partial charge < -0.3 is 15.7 Å². The van der Waals surface area contributed by atoms with Gasteiger partial charge in [0.15, 0.2) is 0 Å². The summed E-state index contributed by atoms with van der Waals surface area (Å²) >= 11 is 0. The first kappa shape index (κ1) is 13.5. The van der Waals surface area contributed by atoms with E-state index in [9.17, 15) is 0 Å². The van der Waals surface area contributed by atoms with Gasteiger partial charge in [-0.3, -0.25) is 5.41 Å². The average Bonchev–Trinajstić information content (AvgIpc) is 2.26. The molecule has 0 amide bonds. The molecule has 1 heterocycles. The number of hydrogen-bond acceptors (Lipinski definition) is 3. The first-order valence-corrected chi connectivity index (χ1v) is 6.42. The van der Waals surface area contributed by atoms with Crippen LogP contribution in [0.1, 0.15) is 44.9 Å². The Kier molecular flexibility index (Phi) is 6.42. The molecule has 1 fully saturated rings. The maximum atomic E-state index is 9.01. The molecule has 0 radical (unpaired) electrons. The van der Waals surface area contributed by atoms with Crippen molar-refractivity contribution in [2.45, 2.75) is 51.0 Å². The van der Waals surface area contributed by atoms with Crippen LogP contribution in [-0.2, 0) is 0 Å². The Morgan fingerprint density at radius 3 is 2.88 bits per heavy atom. The average molecular weight is 227 g/mol. The molecule has 4 heteroatoms. The van der Waals surface area contributed by atoms with Crippen LogP contribution in [0.3, 0.4) is 0 Å². The lowest BCUT2D eigenvalue weighted by molar-refractivity contribution is 0.117. The Labute approximate surface area is 98.3 Å². The molecule has 0 aromatic carbocycles. The first-order chi connectivity index (χ1) is 7.74. The standard InChI is InChI=1S/C12H25N3O/c13-12(14)6-2-4-9-15-8-3-1-5-11(15)7-10-16/h11,16H,1-10H2,(H3,13,14). The summed E-state index contributed by atoms with van der Waals surface area (Å²) in [5.41, 5.74) is 5.32. The van der Waals surface area contributed by atoms with Crippen molar-refractivity contribution in [3.8, 4) is 0 Å². The van der Waals surface area contributed by atoms with E-state index in [4.69, 9.17) is 16.2 Å². The van der Waals surface area contributed by atoms with Crippen molar-refractivity contribution in [3.63, 3.8) is 0 Å². The number of nitrogens with zero attached hydrogens (tertiary/aromatic N) is 1. The Morgan fingerprint density at radius 1 is 1.38 bits per heavy atom. The van der Waals surface area contributed by atoms with E-state index < -0.39 is 0 Å². The second-order valence-corrected chi connectivity index (χ2v) is 4.68. The van der Waals surface area contributed by atoms with Crippen LogP contribution in [0.5, 0.6) is 0 Å². The summed E-state index contributed by atoms with van der Waals surface area (Å²) in [4.78, 5) is 2.50. The number of aliphatic hydroxyl groups is 1. The van der Waals surface area contributed by atoms with Crippen molar-refractivity contribution < 1.29 is 5.11 Å². The number of hydrogen-bond donors (Lipinski definition) is 3. The molecule has 4 nitrogen and oxygen atoms in total. The van der Waals surface area contributed by atoms with Gasteiger partial charge in [-0.15, -0.1) is 0 Å². The molecule has 16 heavy (non-hydrogen) atoms. The maximum Gasteiger partial charge on any atom is 0.0905 e. The number of aliphatic hydroxyl groups excluding tert-OH is 1. The molecule has 0 aliphatic carbocycles. The second-order valence-electron chi connectivity index (χ2n) is 4.68. The van der Waals surface area contributed by atoms with Crippen molar-refractivity contribution in [3.05, 3.63) is 0 Å². The lowest BCUT2D eigenvalue weighted by Gasteiger charge is -2.35. The SMILES string of the molecule is N=C(N)CCCCN1CCCCC1CCO. The number of unbranched alkanes of at least 4 members (excludes halogenated alkanes) is 1. The number of rotatable bonds is 7. The maximum absolute atomic E-state index is 9.01. The molecule has 1 atom stereocenters. The smallest absolute Gasteiger partial charge is 0.0905 e. The summed E-state index contributed by atoms with van der Waals surface area (Å²) in [5, 5.41) is 16.2. The first-order valence-electron chi connectivity index (χ1n) is 6.42. The molecule has 0 saturated carbocycles. The summed E-state index contributed by atoms with van der Waals surface area (Å²) in [6, 6.07) is 0.580. The van der Waals surface area contributed by atoms with Crippen molar-refractivity contribution in [1.29, 1.82) is 5.41 Å². The van der Waals surface area contributed by atoms with Crippen LogP contribution in [0.2, 0.25) is 0 Å². The van der Waals surface area contributed by atoms with E-state index in [0.717, 1.165) is 32.2 Å². The summed E-state index contributed by atoms with van der Waals surface area (Å²) in [5.74, 6) is 0.297. The number of nitrogens with one attached hydrogen (secondary N) is 1. The largest absolute Gasteiger partial charge is 0.396 e. The zero-order chi connectivity index (χ0) is 11.8. The van der Waals surface area contributed by atoms with Crippen molar-refractivity contribution in [2.24, 2.45) is 5.73 Å². The van der Waals surface area contributed by atoms with E-state index >= 15 is 0 Å². The topological polar surface area (TPSA) is 73.3 Å². The quantitative estimate of drug-likeness (QED) is 0.349. The van der Waals surface area contributed by atoms with Crippen molar-refractivity contribution in [1.82, 2.24) is 4.90 Å². The van der Waals surface area contributed by atoms with Gasteiger partial charge in [0, 0.05) is 19.1 Å². The molecule has 94 valence electrons. The summed E-state index contributed by atoms with van der Waals surface area (Å²) in [6.45, 7) is 2.57. The Bertz CT molecular complexity index is 206. The third-order valence-electron chi connectivity index (χ3n) is 3.35. The van der Waals surface area contributed by atoms with Gasteiger partial charge in [-0.25, -0.2) is 0 Å². The fourth-order valence-electron chi connectivity index (χ4n) is 2.46. The highest BCUT2D eigenvalue weighted by molar-refractivity contribution is 5.76. The number of nitrogens with two attached hydrogens (primary N) is 1. The van der Waals surface area contributed by atoms with Crippen LogP contribution in [0.25, 0.3) is 0 Å². The van der Waals surface area contributed by atoms with E-state index in [1.807, 2.05) is 0 Å². The highest BCUT2D eigenvalue weighted by Gasteiger charge is 2.20. The van der Waals surface area contributed by atoms with Gasteiger partial charge in [0.25, 0.3) is 0 Å². The van der Waals surface area contributed by atoms with Crippen LogP contribution in [0.4, 0.5) is 0 Å². The van der Waals surface area contributed by atoms with Crippen molar-refractivity contribution in [2.75, 3.05) is 19.7 Å². The predicted octanol–water partition coefficient (Wildman–Crippen LogP) is 1.33. The number of piperidine rings is 1. The fourth-order valence-corrected chi connectivity index (χ4v) is 2.46. The highest BCUT2D eigenvalue weighted by Crippen LogP contribution is 2.19. The van der Waals surface area contributed by atoms with Gasteiger partial charge in [-0.05, 0) is 45.2 Å². The summed E-state index contributed by atoms with van der Waals surface area (Å²) in [6.07, 6.45) is 7.57. The minimum Gasteiger partial charge on any atom is -0.396 e.